The molecule has 0 bridgehead atoms. The largest absolute Gasteiger partial charge is 0.497 e. The lowest BCUT2D eigenvalue weighted by molar-refractivity contribution is -0.116. The van der Waals surface area contributed by atoms with Crippen LogP contribution in [0.1, 0.15) is 30.9 Å². The molecule has 6 heteroatoms. The molecule has 4 rings (SSSR count). The van der Waals surface area contributed by atoms with Crippen LogP contribution in [-0.2, 0) is 17.6 Å². The highest BCUT2D eigenvalue weighted by molar-refractivity contribution is 5.97. The zero-order valence-electron chi connectivity index (χ0n) is 17.0. The van der Waals surface area contributed by atoms with E-state index in [1.54, 1.807) is 18.9 Å². The van der Waals surface area contributed by atoms with Gasteiger partial charge >= 0.3 is 6.03 Å². The summed E-state index contributed by atoms with van der Waals surface area (Å²) in [7, 11) is 1.67. The van der Waals surface area contributed by atoms with Crippen LogP contribution in [0.2, 0.25) is 0 Å². The number of methoxy groups -OCH3 is 1. The molecule has 1 atom stereocenters. The second-order valence-electron chi connectivity index (χ2n) is 7.70. The van der Waals surface area contributed by atoms with E-state index in [0.717, 1.165) is 54.9 Å². The van der Waals surface area contributed by atoms with Crippen molar-refractivity contribution in [3.8, 4) is 5.75 Å². The number of fused-ring (bicyclic) bond motifs is 1. The van der Waals surface area contributed by atoms with E-state index in [1.165, 1.54) is 5.56 Å². The van der Waals surface area contributed by atoms with Gasteiger partial charge in [0.25, 0.3) is 0 Å². The molecule has 1 N–H and O–H groups in total. The number of ether oxygens (including phenoxy) is 1. The van der Waals surface area contributed by atoms with E-state index in [4.69, 9.17) is 4.74 Å². The molecule has 1 saturated heterocycles. The summed E-state index contributed by atoms with van der Waals surface area (Å²) in [6, 6.07) is 13.9. The Morgan fingerprint density at radius 2 is 2.00 bits per heavy atom. The van der Waals surface area contributed by atoms with Gasteiger partial charge in [-0.1, -0.05) is 18.2 Å². The summed E-state index contributed by atoms with van der Waals surface area (Å²) in [5.41, 5.74) is 3.93. The van der Waals surface area contributed by atoms with Crippen LogP contribution < -0.4 is 15.0 Å². The minimum absolute atomic E-state index is 0.0325. The highest BCUT2D eigenvalue weighted by Gasteiger charge is 2.30. The number of likely N-dealkylation sites (tertiary alicyclic amines) is 1. The van der Waals surface area contributed by atoms with Crippen molar-refractivity contribution in [3.63, 3.8) is 0 Å². The first-order chi connectivity index (χ1) is 14.1. The van der Waals surface area contributed by atoms with E-state index in [9.17, 15) is 9.59 Å². The number of nitrogens with zero attached hydrogens (tertiary/aromatic N) is 2. The van der Waals surface area contributed by atoms with Crippen molar-refractivity contribution in [1.82, 2.24) is 4.90 Å². The molecule has 0 aromatic heterocycles. The first-order valence-electron chi connectivity index (χ1n) is 10.2. The van der Waals surface area contributed by atoms with Crippen molar-refractivity contribution >= 4 is 23.3 Å². The molecule has 0 saturated carbocycles. The highest BCUT2D eigenvalue weighted by Crippen LogP contribution is 2.34. The molecule has 0 aliphatic carbocycles. The van der Waals surface area contributed by atoms with Gasteiger partial charge in [-0.3, -0.25) is 4.79 Å². The van der Waals surface area contributed by atoms with E-state index >= 15 is 0 Å². The number of benzene rings is 2. The van der Waals surface area contributed by atoms with Crippen LogP contribution in [-0.4, -0.2) is 43.1 Å². The number of rotatable bonds is 4. The van der Waals surface area contributed by atoms with Crippen LogP contribution in [0.4, 0.5) is 16.2 Å². The molecule has 2 aromatic carbocycles. The Morgan fingerprint density at radius 1 is 1.17 bits per heavy atom. The van der Waals surface area contributed by atoms with Crippen molar-refractivity contribution in [2.75, 3.05) is 30.4 Å². The van der Waals surface area contributed by atoms with Gasteiger partial charge in [-0.15, -0.1) is 0 Å². The predicted molar refractivity (Wildman–Crippen MR) is 114 cm³/mol. The Bertz CT molecular complexity index is 927. The standard InChI is InChI=1S/C23H27N3O3/c1-16(27)25-13-11-20-21(9-4-10-22(20)25)24-23(28)26-12-5-7-18(26)14-17-6-3-8-19(15-17)29-2/h3-4,6,8-10,15,18H,5,7,11-14H2,1-2H3,(H,24,28). The monoisotopic (exact) mass is 393 g/mol. The lowest BCUT2D eigenvalue weighted by Gasteiger charge is -2.26. The summed E-state index contributed by atoms with van der Waals surface area (Å²) < 4.78 is 5.32. The number of urea groups is 1. The van der Waals surface area contributed by atoms with E-state index < -0.39 is 0 Å². The van der Waals surface area contributed by atoms with Crippen LogP contribution >= 0.6 is 0 Å². The number of anilines is 2. The number of hydrogen-bond donors (Lipinski definition) is 1. The fraction of sp³-hybridized carbons (Fsp3) is 0.391. The lowest BCUT2D eigenvalue weighted by atomic mass is 10.0. The van der Waals surface area contributed by atoms with Gasteiger partial charge in [0.15, 0.2) is 0 Å². The maximum Gasteiger partial charge on any atom is 0.322 e. The second kappa shape index (κ2) is 8.15. The number of nitrogens with one attached hydrogen (secondary N) is 1. The van der Waals surface area contributed by atoms with Crippen molar-refractivity contribution < 1.29 is 14.3 Å². The van der Waals surface area contributed by atoms with Crippen LogP contribution in [0.15, 0.2) is 42.5 Å². The minimum Gasteiger partial charge on any atom is -0.497 e. The number of amides is 3. The van der Waals surface area contributed by atoms with Gasteiger partial charge in [0.05, 0.1) is 7.11 Å². The van der Waals surface area contributed by atoms with E-state index in [1.807, 2.05) is 41.3 Å². The molecule has 2 aromatic rings. The summed E-state index contributed by atoms with van der Waals surface area (Å²) >= 11 is 0. The quantitative estimate of drug-likeness (QED) is 0.858. The van der Waals surface area contributed by atoms with Gasteiger partial charge in [0, 0.05) is 43.0 Å². The van der Waals surface area contributed by atoms with Crippen LogP contribution in [0, 0.1) is 0 Å². The van der Waals surface area contributed by atoms with Crippen LogP contribution in [0.5, 0.6) is 5.75 Å². The maximum absolute atomic E-state index is 13.1. The molecule has 152 valence electrons. The fourth-order valence-corrected chi connectivity index (χ4v) is 4.45. The molecule has 1 fully saturated rings. The number of hydrogen-bond acceptors (Lipinski definition) is 3. The molecule has 1 unspecified atom stereocenters. The van der Waals surface area contributed by atoms with Crippen LogP contribution in [0.3, 0.4) is 0 Å². The molecule has 2 aliphatic heterocycles. The third-order valence-corrected chi connectivity index (χ3v) is 5.89. The second-order valence-corrected chi connectivity index (χ2v) is 7.70. The Hall–Kier alpha value is -3.02. The SMILES string of the molecule is COc1cccc(CC2CCCN2C(=O)Nc2cccc3c2CCN3C(C)=O)c1. The van der Waals surface area contributed by atoms with Gasteiger partial charge in [0.2, 0.25) is 5.91 Å². The van der Waals surface area contributed by atoms with Crippen LogP contribution in [0.25, 0.3) is 0 Å². The summed E-state index contributed by atoms with van der Waals surface area (Å²) in [6.07, 6.45) is 3.58. The molecular formula is C23H27N3O3. The van der Waals surface area contributed by atoms with Gasteiger partial charge < -0.3 is 19.9 Å². The first-order valence-corrected chi connectivity index (χ1v) is 10.2. The van der Waals surface area contributed by atoms with Gasteiger partial charge in [-0.25, -0.2) is 4.79 Å². The summed E-state index contributed by atoms with van der Waals surface area (Å²) in [5.74, 6) is 0.872. The van der Waals surface area contributed by atoms with Gasteiger partial charge in [0.1, 0.15) is 5.75 Å². The maximum atomic E-state index is 13.1. The van der Waals surface area contributed by atoms with E-state index in [-0.39, 0.29) is 18.0 Å². The molecule has 2 aliphatic rings. The average molecular weight is 393 g/mol. The fourth-order valence-electron chi connectivity index (χ4n) is 4.45. The molecule has 0 spiro atoms. The zero-order chi connectivity index (χ0) is 20.4. The molecule has 2 heterocycles. The smallest absolute Gasteiger partial charge is 0.322 e. The summed E-state index contributed by atoms with van der Waals surface area (Å²) in [4.78, 5) is 28.6. The number of carbonyl (C=O) groups is 2. The van der Waals surface area contributed by atoms with E-state index in [2.05, 4.69) is 11.4 Å². The minimum atomic E-state index is -0.0647. The third-order valence-electron chi connectivity index (χ3n) is 5.89. The Kier molecular flexibility index (Phi) is 5.43. The number of carbonyl (C=O) groups excluding carboxylic acids is 2. The van der Waals surface area contributed by atoms with E-state index in [0.29, 0.717) is 6.54 Å². The van der Waals surface area contributed by atoms with Gasteiger partial charge in [-0.2, -0.15) is 0 Å². The normalized spacial score (nSPS) is 17.9. The van der Waals surface area contributed by atoms with Crippen molar-refractivity contribution in [2.45, 2.75) is 38.6 Å². The molecule has 0 radical (unpaired) electrons. The van der Waals surface area contributed by atoms with Crippen molar-refractivity contribution in [3.05, 3.63) is 53.6 Å². The van der Waals surface area contributed by atoms with Gasteiger partial charge in [-0.05, 0) is 55.5 Å². The summed E-state index contributed by atoms with van der Waals surface area (Å²) in [5, 5.41) is 3.11. The zero-order valence-corrected chi connectivity index (χ0v) is 17.0. The Balaban J connectivity index is 1.48. The Morgan fingerprint density at radius 3 is 2.79 bits per heavy atom. The Labute approximate surface area is 171 Å². The first kappa shape index (κ1) is 19.3. The molecule has 29 heavy (non-hydrogen) atoms. The molecule has 3 amide bonds. The van der Waals surface area contributed by atoms with Crippen molar-refractivity contribution in [1.29, 1.82) is 0 Å². The topological polar surface area (TPSA) is 61.9 Å². The lowest BCUT2D eigenvalue weighted by Crippen LogP contribution is -2.39. The highest BCUT2D eigenvalue weighted by atomic mass is 16.5. The summed E-state index contributed by atoms with van der Waals surface area (Å²) in [6.45, 7) is 3.00. The predicted octanol–water partition coefficient (Wildman–Crippen LogP) is 3.84. The molecule has 6 nitrogen and oxygen atoms in total. The molecular weight excluding hydrogens is 366 g/mol. The average Bonchev–Trinajstić information content (AvgIpc) is 3.35. The third kappa shape index (κ3) is 3.92. The van der Waals surface area contributed by atoms with Crippen molar-refractivity contribution in [2.24, 2.45) is 0 Å².